The number of nitrogens with one attached hydrogen (secondary N) is 1. The van der Waals surface area contributed by atoms with E-state index in [0.717, 1.165) is 26.7 Å². The third kappa shape index (κ3) is 4.52. The van der Waals surface area contributed by atoms with E-state index in [0.29, 0.717) is 13.2 Å². The summed E-state index contributed by atoms with van der Waals surface area (Å²) in [4.78, 5) is 0. The first-order valence-corrected chi connectivity index (χ1v) is 9.44. The van der Waals surface area contributed by atoms with Crippen molar-refractivity contribution in [3.63, 3.8) is 0 Å². The summed E-state index contributed by atoms with van der Waals surface area (Å²) in [5, 5.41) is 12.3. The van der Waals surface area contributed by atoms with Gasteiger partial charge in [0.15, 0.2) is 4.34 Å². The molecule has 0 bridgehead atoms. The molecule has 3 aromatic rings. The van der Waals surface area contributed by atoms with Gasteiger partial charge in [-0.2, -0.15) is 0 Å². The Morgan fingerprint density at radius 3 is 2.75 bits per heavy atom. The lowest BCUT2D eigenvalue weighted by molar-refractivity contribution is 0.339. The van der Waals surface area contributed by atoms with Gasteiger partial charge in [0.1, 0.15) is 11.5 Å². The fraction of sp³-hybridized carbons (Fsp3) is 0.294. The van der Waals surface area contributed by atoms with Gasteiger partial charge in [0.25, 0.3) is 0 Å². The number of furan rings is 1. The molecule has 0 saturated heterocycles. The summed E-state index contributed by atoms with van der Waals surface area (Å²) in [7, 11) is 0. The van der Waals surface area contributed by atoms with E-state index >= 15 is 0 Å². The molecule has 0 fully saturated rings. The highest BCUT2D eigenvalue weighted by atomic mass is 32.2. The highest BCUT2D eigenvalue weighted by molar-refractivity contribution is 8.01. The Balaban J connectivity index is 1.42. The molecule has 7 heteroatoms. The third-order valence-electron chi connectivity index (χ3n) is 3.36. The number of nitrogens with zero attached hydrogens (tertiary/aromatic N) is 2. The van der Waals surface area contributed by atoms with Crippen molar-refractivity contribution < 1.29 is 9.15 Å². The Bertz CT molecular complexity index is 752. The largest absolute Gasteiger partial charge is 0.492 e. The van der Waals surface area contributed by atoms with Gasteiger partial charge in [-0.3, -0.25) is 0 Å². The Kier molecular flexibility index (Phi) is 5.77. The minimum absolute atomic E-state index is 0.613. The second-order valence-corrected chi connectivity index (χ2v) is 7.54. The number of thioether (sulfide) groups is 1. The minimum Gasteiger partial charge on any atom is -0.492 e. The van der Waals surface area contributed by atoms with Crippen LogP contribution in [-0.4, -0.2) is 22.6 Å². The molecule has 0 amide bonds. The lowest BCUT2D eigenvalue weighted by Crippen LogP contribution is -2.02. The van der Waals surface area contributed by atoms with E-state index < -0.39 is 0 Å². The average molecular weight is 361 g/mol. The topological polar surface area (TPSA) is 60.2 Å². The van der Waals surface area contributed by atoms with Gasteiger partial charge in [0.05, 0.1) is 19.4 Å². The van der Waals surface area contributed by atoms with Crippen LogP contribution in [0.25, 0.3) is 0 Å². The molecule has 0 atom stereocenters. The average Bonchev–Trinajstić information content (AvgIpc) is 3.23. The smallest absolute Gasteiger partial charge is 0.206 e. The number of rotatable bonds is 8. The quantitative estimate of drug-likeness (QED) is 0.470. The standard InChI is InChI=1S/C17H19N3O2S2/c1-12-5-3-6-13(2)15(12)22-9-10-23-17-20-19-16(24-17)18-11-14-7-4-8-21-14/h3-8H,9-11H2,1-2H3,(H,18,19). The van der Waals surface area contributed by atoms with Gasteiger partial charge in [-0.15, -0.1) is 10.2 Å². The zero-order chi connectivity index (χ0) is 16.8. The summed E-state index contributed by atoms with van der Waals surface area (Å²) in [5.41, 5.74) is 2.33. The van der Waals surface area contributed by atoms with Crippen LogP contribution < -0.4 is 10.1 Å². The van der Waals surface area contributed by atoms with Crippen molar-refractivity contribution >= 4 is 28.2 Å². The van der Waals surface area contributed by atoms with Gasteiger partial charge in [-0.05, 0) is 37.1 Å². The maximum Gasteiger partial charge on any atom is 0.206 e. The molecule has 0 radical (unpaired) electrons. The molecule has 0 unspecified atom stereocenters. The summed E-state index contributed by atoms with van der Waals surface area (Å²) in [6.45, 7) is 5.39. The molecular weight excluding hydrogens is 342 g/mol. The predicted molar refractivity (Wildman–Crippen MR) is 98.1 cm³/mol. The van der Waals surface area contributed by atoms with Crippen LogP contribution >= 0.6 is 23.1 Å². The van der Waals surface area contributed by atoms with Crippen LogP contribution in [0.5, 0.6) is 5.75 Å². The molecule has 0 aliphatic heterocycles. The van der Waals surface area contributed by atoms with E-state index in [4.69, 9.17) is 9.15 Å². The molecule has 24 heavy (non-hydrogen) atoms. The van der Waals surface area contributed by atoms with E-state index in [9.17, 15) is 0 Å². The van der Waals surface area contributed by atoms with E-state index in [-0.39, 0.29) is 0 Å². The van der Waals surface area contributed by atoms with Crippen LogP contribution in [0, 0.1) is 13.8 Å². The minimum atomic E-state index is 0.613. The first kappa shape index (κ1) is 16.9. The molecule has 1 N–H and O–H groups in total. The molecule has 126 valence electrons. The zero-order valence-electron chi connectivity index (χ0n) is 13.6. The number of ether oxygens (including phenoxy) is 1. The number of para-hydroxylation sites is 1. The molecule has 2 aromatic heterocycles. The van der Waals surface area contributed by atoms with Crippen LogP contribution in [0.2, 0.25) is 0 Å². The number of hydrogen-bond donors (Lipinski definition) is 1. The maximum absolute atomic E-state index is 5.90. The van der Waals surface area contributed by atoms with Crippen molar-refractivity contribution in [2.45, 2.75) is 24.7 Å². The Morgan fingerprint density at radius 2 is 2.00 bits per heavy atom. The lowest BCUT2D eigenvalue weighted by atomic mass is 10.1. The fourth-order valence-corrected chi connectivity index (χ4v) is 3.85. The SMILES string of the molecule is Cc1cccc(C)c1OCCSc1nnc(NCc2ccco2)s1. The monoisotopic (exact) mass is 361 g/mol. The van der Waals surface area contributed by atoms with Crippen molar-refractivity contribution in [2.75, 3.05) is 17.7 Å². The van der Waals surface area contributed by atoms with Crippen molar-refractivity contribution in [3.8, 4) is 5.75 Å². The number of anilines is 1. The predicted octanol–water partition coefficient (Wildman–Crippen LogP) is 4.53. The summed E-state index contributed by atoms with van der Waals surface area (Å²) in [6, 6.07) is 9.97. The first-order chi connectivity index (χ1) is 11.7. The van der Waals surface area contributed by atoms with Crippen molar-refractivity contribution in [1.82, 2.24) is 10.2 Å². The summed E-state index contributed by atoms with van der Waals surface area (Å²) >= 11 is 3.19. The van der Waals surface area contributed by atoms with Gasteiger partial charge in [-0.25, -0.2) is 0 Å². The van der Waals surface area contributed by atoms with Gasteiger partial charge < -0.3 is 14.5 Å². The molecule has 3 rings (SSSR count). The highest BCUT2D eigenvalue weighted by Gasteiger charge is 2.07. The van der Waals surface area contributed by atoms with E-state index in [1.165, 1.54) is 22.5 Å². The molecule has 1 aromatic carbocycles. The van der Waals surface area contributed by atoms with Crippen LogP contribution in [-0.2, 0) is 6.54 Å². The lowest BCUT2D eigenvalue weighted by Gasteiger charge is -2.11. The van der Waals surface area contributed by atoms with Crippen LogP contribution in [0.4, 0.5) is 5.13 Å². The highest BCUT2D eigenvalue weighted by Crippen LogP contribution is 2.27. The zero-order valence-corrected chi connectivity index (χ0v) is 15.2. The molecular formula is C17H19N3O2S2. The Labute approximate surface area is 149 Å². The maximum atomic E-state index is 5.90. The van der Waals surface area contributed by atoms with E-state index in [1.807, 2.05) is 18.2 Å². The number of hydrogen-bond acceptors (Lipinski definition) is 7. The van der Waals surface area contributed by atoms with E-state index in [2.05, 4.69) is 41.5 Å². The molecule has 0 aliphatic rings. The molecule has 5 nitrogen and oxygen atoms in total. The Morgan fingerprint density at radius 1 is 1.17 bits per heavy atom. The summed E-state index contributed by atoms with van der Waals surface area (Å²) < 4.78 is 12.1. The number of aryl methyl sites for hydroxylation is 2. The molecule has 0 spiro atoms. The summed E-state index contributed by atoms with van der Waals surface area (Å²) in [6.07, 6.45) is 1.66. The molecule has 0 saturated carbocycles. The normalized spacial score (nSPS) is 10.8. The summed E-state index contributed by atoms with van der Waals surface area (Å²) in [5.74, 6) is 2.69. The van der Waals surface area contributed by atoms with Gasteiger partial charge in [0, 0.05) is 5.75 Å². The van der Waals surface area contributed by atoms with E-state index in [1.54, 1.807) is 18.0 Å². The van der Waals surface area contributed by atoms with Crippen molar-refractivity contribution in [1.29, 1.82) is 0 Å². The number of benzene rings is 1. The van der Waals surface area contributed by atoms with Crippen LogP contribution in [0.15, 0.2) is 45.4 Å². The van der Waals surface area contributed by atoms with Crippen molar-refractivity contribution in [2.24, 2.45) is 0 Å². The first-order valence-electron chi connectivity index (χ1n) is 7.64. The third-order valence-corrected chi connectivity index (χ3v) is 5.34. The molecule has 2 heterocycles. The second kappa shape index (κ2) is 8.21. The van der Waals surface area contributed by atoms with Crippen LogP contribution in [0.3, 0.4) is 0 Å². The molecule has 0 aliphatic carbocycles. The number of aromatic nitrogens is 2. The van der Waals surface area contributed by atoms with Crippen molar-refractivity contribution in [3.05, 3.63) is 53.5 Å². The van der Waals surface area contributed by atoms with Gasteiger partial charge >= 0.3 is 0 Å². The van der Waals surface area contributed by atoms with Gasteiger partial charge in [0.2, 0.25) is 5.13 Å². The van der Waals surface area contributed by atoms with Gasteiger partial charge in [-0.1, -0.05) is 41.3 Å². The second-order valence-electron chi connectivity index (χ2n) is 5.22. The Hall–Kier alpha value is -1.99. The van der Waals surface area contributed by atoms with Crippen LogP contribution in [0.1, 0.15) is 16.9 Å². The fourth-order valence-electron chi connectivity index (χ4n) is 2.21.